The zero-order chi connectivity index (χ0) is 27.4. The van der Waals surface area contributed by atoms with Gasteiger partial charge >= 0.3 is 0 Å². The van der Waals surface area contributed by atoms with Crippen molar-refractivity contribution in [2.75, 3.05) is 6.61 Å². The van der Waals surface area contributed by atoms with Crippen LogP contribution in [0, 0.1) is 12.8 Å². The SMILES string of the molecule is CCOc1cc(O)c2c(c1C(=O)NCc1c(C)ccc3ccccc13)OC1=CC(=O)C(C(C)=O)C(=O)[C@]12C. The number of hydrogen-bond acceptors (Lipinski definition) is 7. The maximum absolute atomic E-state index is 13.7. The Balaban J connectivity index is 1.60. The van der Waals surface area contributed by atoms with Crippen molar-refractivity contribution in [3.8, 4) is 17.2 Å². The molecule has 1 aliphatic carbocycles. The Morgan fingerprint density at radius 1 is 1.16 bits per heavy atom. The second-order valence-corrected chi connectivity index (χ2v) is 9.72. The van der Waals surface area contributed by atoms with Gasteiger partial charge in [0.2, 0.25) is 0 Å². The van der Waals surface area contributed by atoms with Gasteiger partial charge < -0.3 is 19.9 Å². The Morgan fingerprint density at radius 2 is 1.89 bits per heavy atom. The third-order valence-corrected chi connectivity index (χ3v) is 7.38. The Bertz CT molecular complexity index is 1590. The highest BCUT2D eigenvalue weighted by molar-refractivity contribution is 6.27. The monoisotopic (exact) mass is 513 g/mol. The van der Waals surface area contributed by atoms with Gasteiger partial charge in [-0.15, -0.1) is 0 Å². The first-order valence-electron chi connectivity index (χ1n) is 12.4. The fourth-order valence-electron chi connectivity index (χ4n) is 5.40. The minimum Gasteiger partial charge on any atom is -0.507 e. The van der Waals surface area contributed by atoms with Gasteiger partial charge in [0.25, 0.3) is 5.91 Å². The van der Waals surface area contributed by atoms with Crippen molar-refractivity contribution in [2.24, 2.45) is 5.92 Å². The topological polar surface area (TPSA) is 119 Å². The van der Waals surface area contributed by atoms with Crippen molar-refractivity contribution < 1.29 is 33.8 Å². The van der Waals surface area contributed by atoms with Gasteiger partial charge in [0.15, 0.2) is 17.3 Å². The molecule has 0 radical (unpaired) electrons. The van der Waals surface area contributed by atoms with Gasteiger partial charge in [-0.1, -0.05) is 36.4 Å². The van der Waals surface area contributed by atoms with Crippen LogP contribution in [0.3, 0.4) is 0 Å². The molecular weight excluding hydrogens is 486 g/mol. The second-order valence-electron chi connectivity index (χ2n) is 9.72. The van der Waals surface area contributed by atoms with Crippen molar-refractivity contribution in [2.45, 2.75) is 39.7 Å². The van der Waals surface area contributed by atoms with E-state index in [2.05, 4.69) is 5.32 Å². The highest BCUT2D eigenvalue weighted by Gasteiger charge is 2.58. The van der Waals surface area contributed by atoms with Gasteiger partial charge in [-0.05, 0) is 49.6 Å². The number of fused-ring (bicyclic) bond motifs is 4. The standard InChI is InChI=1S/C30H27NO7/c1-5-37-22-12-21(34)26-27(38-23-13-20(33)24(16(3)32)28(35)30(23,26)4)25(22)29(36)31-14-19-15(2)10-11-17-8-6-7-9-18(17)19/h6-13,24,34H,5,14H2,1-4H3,(H,31,36)/t24?,30-/m1/s1. The van der Waals surface area contributed by atoms with Gasteiger partial charge in [0.1, 0.15) is 39.9 Å². The lowest BCUT2D eigenvalue weighted by atomic mass is 9.67. The Morgan fingerprint density at radius 3 is 2.61 bits per heavy atom. The Kier molecular flexibility index (Phi) is 6.06. The van der Waals surface area contributed by atoms with Crippen LogP contribution in [-0.4, -0.2) is 35.0 Å². The summed E-state index contributed by atoms with van der Waals surface area (Å²) in [5, 5.41) is 16.0. The number of hydrogen-bond donors (Lipinski definition) is 2. The summed E-state index contributed by atoms with van der Waals surface area (Å²) >= 11 is 0. The molecule has 194 valence electrons. The molecule has 0 saturated carbocycles. The number of ketones is 3. The van der Waals surface area contributed by atoms with Gasteiger partial charge in [0, 0.05) is 18.7 Å². The molecular formula is C30H27NO7. The summed E-state index contributed by atoms with van der Waals surface area (Å²) in [6, 6.07) is 13.1. The van der Waals surface area contributed by atoms with Crippen LogP contribution in [-0.2, 0) is 26.3 Å². The summed E-state index contributed by atoms with van der Waals surface area (Å²) in [7, 11) is 0. The quantitative estimate of drug-likeness (QED) is 0.477. The number of benzene rings is 3. The molecule has 8 nitrogen and oxygen atoms in total. The molecule has 1 unspecified atom stereocenters. The first kappa shape index (κ1) is 25.2. The molecule has 0 spiro atoms. The van der Waals surface area contributed by atoms with Gasteiger partial charge in [-0.2, -0.15) is 0 Å². The minimum atomic E-state index is -1.62. The van der Waals surface area contributed by atoms with Gasteiger partial charge in [-0.25, -0.2) is 0 Å². The number of ether oxygens (including phenoxy) is 2. The van der Waals surface area contributed by atoms with Crippen LogP contribution >= 0.6 is 0 Å². The Hall–Kier alpha value is -4.46. The van der Waals surface area contributed by atoms with E-state index >= 15 is 0 Å². The summed E-state index contributed by atoms with van der Waals surface area (Å²) in [5.74, 6) is -4.41. The highest BCUT2D eigenvalue weighted by Crippen LogP contribution is 2.56. The molecule has 2 atom stereocenters. The number of Topliss-reactive ketones (excluding diaryl/α,β-unsaturated/α-hetero) is 2. The summed E-state index contributed by atoms with van der Waals surface area (Å²) in [6.45, 7) is 6.76. The first-order chi connectivity index (χ1) is 18.1. The van der Waals surface area contributed by atoms with E-state index in [-0.39, 0.29) is 47.3 Å². The van der Waals surface area contributed by atoms with Crippen LogP contribution in [0.25, 0.3) is 10.8 Å². The van der Waals surface area contributed by atoms with Gasteiger partial charge in [0.05, 0.1) is 12.2 Å². The zero-order valence-corrected chi connectivity index (χ0v) is 21.5. The normalized spacial score (nSPS) is 19.9. The summed E-state index contributed by atoms with van der Waals surface area (Å²) < 4.78 is 11.6. The van der Waals surface area contributed by atoms with Crippen molar-refractivity contribution in [3.05, 3.63) is 76.6 Å². The largest absolute Gasteiger partial charge is 0.507 e. The maximum Gasteiger partial charge on any atom is 0.259 e. The molecule has 1 aliphatic heterocycles. The van der Waals surface area contributed by atoms with Crippen molar-refractivity contribution in [1.82, 2.24) is 5.32 Å². The number of rotatable bonds is 6. The van der Waals surface area contributed by atoms with E-state index in [1.54, 1.807) is 6.92 Å². The van der Waals surface area contributed by atoms with Crippen molar-refractivity contribution >= 4 is 34.0 Å². The van der Waals surface area contributed by atoms with Gasteiger partial charge in [-0.3, -0.25) is 19.2 Å². The molecule has 8 heteroatoms. The number of aryl methyl sites for hydroxylation is 1. The number of aromatic hydroxyl groups is 1. The smallest absolute Gasteiger partial charge is 0.259 e. The molecule has 2 N–H and O–H groups in total. The van der Waals surface area contributed by atoms with Crippen LogP contribution in [0.2, 0.25) is 0 Å². The van der Waals surface area contributed by atoms with E-state index in [9.17, 15) is 24.3 Å². The van der Waals surface area contributed by atoms with E-state index in [1.165, 1.54) is 19.9 Å². The molecule has 0 aromatic heterocycles. The number of allylic oxidation sites excluding steroid dienone is 2. The molecule has 0 bridgehead atoms. The number of phenolic OH excluding ortho intramolecular Hbond substituents is 1. The van der Waals surface area contributed by atoms with E-state index < -0.39 is 34.6 Å². The molecule has 38 heavy (non-hydrogen) atoms. The summed E-state index contributed by atoms with van der Waals surface area (Å²) in [4.78, 5) is 51.9. The van der Waals surface area contributed by atoms with Crippen LogP contribution in [0.4, 0.5) is 0 Å². The first-order valence-corrected chi connectivity index (χ1v) is 12.4. The van der Waals surface area contributed by atoms with Crippen LogP contribution in [0.1, 0.15) is 47.8 Å². The van der Waals surface area contributed by atoms with Crippen molar-refractivity contribution in [3.63, 3.8) is 0 Å². The van der Waals surface area contributed by atoms with Crippen LogP contribution in [0.5, 0.6) is 17.2 Å². The molecule has 2 aliphatic rings. The lowest BCUT2D eigenvalue weighted by molar-refractivity contribution is -0.140. The fraction of sp³-hybridized carbons (Fsp3) is 0.267. The van der Waals surface area contributed by atoms with E-state index in [0.717, 1.165) is 28.0 Å². The summed E-state index contributed by atoms with van der Waals surface area (Å²) in [6.07, 6.45) is 1.11. The molecule has 5 rings (SSSR count). The maximum atomic E-state index is 13.7. The third kappa shape index (κ3) is 3.67. The number of carbonyl (C=O) groups excluding carboxylic acids is 4. The van der Waals surface area contributed by atoms with E-state index in [1.807, 2.05) is 43.3 Å². The van der Waals surface area contributed by atoms with Crippen LogP contribution in [0.15, 0.2) is 54.3 Å². The molecule has 1 heterocycles. The van der Waals surface area contributed by atoms with Crippen molar-refractivity contribution in [1.29, 1.82) is 0 Å². The van der Waals surface area contributed by atoms with E-state index in [0.29, 0.717) is 0 Å². The highest BCUT2D eigenvalue weighted by atomic mass is 16.5. The number of phenols is 1. The number of nitrogens with one attached hydrogen (secondary N) is 1. The number of carbonyl (C=O) groups is 4. The fourth-order valence-corrected chi connectivity index (χ4v) is 5.40. The van der Waals surface area contributed by atoms with E-state index in [4.69, 9.17) is 9.47 Å². The molecule has 0 saturated heterocycles. The second kappa shape index (κ2) is 9.13. The number of amides is 1. The molecule has 0 fully saturated rings. The molecule has 3 aromatic carbocycles. The average molecular weight is 514 g/mol. The Labute approximate surface area is 219 Å². The molecule has 1 amide bonds. The predicted molar refractivity (Wildman–Crippen MR) is 139 cm³/mol. The van der Waals surface area contributed by atoms with Crippen LogP contribution < -0.4 is 14.8 Å². The zero-order valence-electron chi connectivity index (χ0n) is 21.5. The molecule has 3 aromatic rings. The third-order valence-electron chi connectivity index (χ3n) is 7.38. The minimum absolute atomic E-state index is 0.00584. The average Bonchev–Trinajstić information content (AvgIpc) is 3.17. The summed E-state index contributed by atoms with van der Waals surface area (Å²) in [5.41, 5.74) is 0.356. The lowest BCUT2D eigenvalue weighted by Crippen LogP contribution is -2.47. The predicted octanol–water partition coefficient (Wildman–Crippen LogP) is 4.07. The lowest BCUT2D eigenvalue weighted by Gasteiger charge is -2.30.